The van der Waals surface area contributed by atoms with Crippen molar-refractivity contribution in [3.8, 4) is 10.6 Å². The van der Waals surface area contributed by atoms with Gasteiger partial charge in [0.05, 0.1) is 20.7 Å². The SMILES string of the molecule is O=C(COC(=O)c1ccccc1-c1nc2ccccc2s1)Nc1ccc(S(=O)(=O)Nc2ccc(Cl)nn2)cc1. The van der Waals surface area contributed by atoms with Gasteiger partial charge in [0.25, 0.3) is 15.9 Å². The molecule has 2 heterocycles. The zero-order valence-electron chi connectivity index (χ0n) is 19.9. The number of carbonyl (C=O) groups is 2. The van der Waals surface area contributed by atoms with Crippen molar-refractivity contribution < 1.29 is 22.7 Å². The predicted molar refractivity (Wildman–Crippen MR) is 148 cm³/mol. The zero-order chi connectivity index (χ0) is 27.4. The van der Waals surface area contributed by atoms with E-state index in [0.717, 1.165) is 10.2 Å². The van der Waals surface area contributed by atoms with Crippen LogP contribution in [0.4, 0.5) is 11.5 Å². The van der Waals surface area contributed by atoms with Crippen LogP contribution in [0.15, 0.2) is 89.8 Å². The van der Waals surface area contributed by atoms with Crippen LogP contribution in [0.25, 0.3) is 20.8 Å². The number of benzene rings is 3. The third kappa shape index (κ3) is 6.20. The lowest BCUT2D eigenvalue weighted by Crippen LogP contribution is -2.21. The highest BCUT2D eigenvalue weighted by Crippen LogP contribution is 2.32. The Morgan fingerprint density at radius 1 is 0.897 bits per heavy atom. The van der Waals surface area contributed by atoms with Crippen molar-refractivity contribution in [2.75, 3.05) is 16.6 Å². The molecule has 0 radical (unpaired) electrons. The number of hydrogen-bond donors (Lipinski definition) is 2. The average Bonchev–Trinajstić information content (AvgIpc) is 3.37. The van der Waals surface area contributed by atoms with Crippen molar-refractivity contribution in [1.29, 1.82) is 0 Å². The number of amides is 1. The minimum atomic E-state index is -3.94. The second-order valence-electron chi connectivity index (χ2n) is 8.03. The Hall–Kier alpha value is -4.39. The van der Waals surface area contributed by atoms with Crippen LogP contribution in [-0.2, 0) is 19.6 Å². The van der Waals surface area contributed by atoms with E-state index in [9.17, 15) is 18.0 Å². The van der Waals surface area contributed by atoms with Gasteiger partial charge in [0.1, 0.15) is 5.01 Å². The van der Waals surface area contributed by atoms with Gasteiger partial charge in [0.2, 0.25) is 0 Å². The Morgan fingerprint density at radius 2 is 1.64 bits per heavy atom. The predicted octanol–water partition coefficient (Wildman–Crippen LogP) is 5.00. The standard InChI is InChI=1S/C26H18ClN5O5S2/c27-22-13-14-23(31-30-22)32-39(35,36)17-11-9-16(10-12-17)28-24(33)15-37-26(34)19-6-2-1-5-18(19)25-29-20-7-3-4-8-21(20)38-25/h1-14H,15H2,(H,28,33)(H,31,32). The van der Waals surface area contributed by atoms with Crippen LogP contribution in [0.1, 0.15) is 10.4 Å². The molecular weight excluding hydrogens is 562 g/mol. The third-order valence-corrected chi connectivity index (χ3v) is 7.97. The lowest BCUT2D eigenvalue weighted by molar-refractivity contribution is -0.119. The highest BCUT2D eigenvalue weighted by molar-refractivity contribution is 7.92. The molecule has 0 saturated heterocycles. The van der Waals surface area contributed by atoms with Gasteiger partial charge < -0.3 is 10.1 Å². The van der Waals surface area contributed by atoms with Crippen LogP contribution in [0, 0.1) is 0 Å². The van der Waals surface area contributed by atoms with Gasteiger partial charge in [0, 0.05) is 11.3 Å². The molecule has 0 saturated carbocycles. The maximum atomic E-state index is 12.8. The van der Waals surface area contributed by atoms with E-state index in [1.165, 1.54) is 47.7 Å². The number of carbonyl (C=O) groups excluding carboxylic acids is 2. The van der Waals surface area contributed by atoms with Gasteiger partial charge in [-0.25, -0.2) is 18.2 Å². The highest BCUT2D eigenvalue weighted by Gasteiger charge is 2.19. The number of esters is 1. The van der Waals surface area contributed by atoms with Gasteiger partial charge in [-0.15, -0.1) is 21.5 Å². The number of para-hydroxylation sites is 1. The molecule has 196 valence electrons. The molecule has 0 atom stereocenters. The minimum Gasteiger partial charge on any atom is -0.452 e. The fourth-order valence-corrected chi connectivity index (χ4v) is 5.63. The van der Waals surface area contributed by atoms with E-state index in [1.807, 2.05) is 24.3 Å². The molecule has 39 heavy (non-hydrogen) atoms. The van der Waals surface area contributed by atoms with Crippen LogP contribution in [0.3, 0.4) is 0 Å². The molecule has 2 N–H and O–H groups in total. The Morgan fingerprint density at radius 3 is 2.38 bits per heavy atom. The number of ether oxygens (including phenoxy) is 1. The van der Waals surface area contributed by atoms with Crippen molar-refractivity contribution in [3.63, 3.8) is 0 Å². The third-order valence-electron chi connectivity index (χ3n) is 5.32. The van der Waals surface area contributed by atoms with E-state index in [4.69, 9.17) is 16.3 Å². The fourth-order valence-electron chi connectivity index (χ4n) is 3.53. The molecule has 5 aromatic rings. The van der Waals surface area contributed by atoms with Gasteiger partial charge in [-0.05, 0) is 54.6 Å². The Balaban J connectivity index is 1.20. The van der Waals surface area contributed by atoms with E-state index in [2.05, 4.69) is 25.2 Å². The molecule has 0 aliphatic carbocycles. The molecule has 5 rings (SSSR count). The molecule has 3 aromatic carbocycles. The Kier molecular flexibility index (Phi) is 7.50. The van der Waals surface area contributed by atoms with E-state index in [0.29, 0.717) is 16.3 Å². The molecule has 0 spiro atoms. The van der Waals surface area contributed by atoms with Crippen molar-refractivity contribution >= 4 is 66.6 Å². The number of fused-ring (bicyclic) bond motifs is 1. The van der Waals surface area contributed by atoms with Gasteiger partial charge in [-0.3, -0.25) is 9.52 Å². The second kappa shape index (κ2) is 11.2. The number of nitrogens with zero attached hydrogens (tertiary/aromatic N) is 3. The van der Waals surface area contributed by atoms with Crippen LogP contribution in [0.2, 0.25) is 5.15 Å². The summed E-state index contributed by atoms with van der Waals surface area (Å²) in [5, 5.41) is 10.6. The number of rotatable bonds is 8. The van der Waals surface area contributed by atoms with Gasteiger partial charge in [-0.1, -0.05) is 41.9 Å². The molecule has 1 amide bonds. The zero-order valence-corrected chi connectivity index (χ0v) is 22.3. The number of aromatic nitrogens is 3. The lowest BCUT2D eigenvalue weighted by atomic mass is 10.1. The number of halogens is 1. The summed E-state index contributed by atoms with van der Waals surface area (Å²) >= 11 is 7.12. The molecular formula is C26H18ClN5O5S2. The van der Waals surface area contributed by atoms with Crippen molar-refractivity contribution in [2.45, 2.75) is 4.90 Å². The normalized spacial score (nSPS) is 11.2. The highest BCUT2D eigenvalue weighted by atomic mass is 35.5. The van der Waals surface area contributed by atoms with Gasteiger partial charge in [0.15, 0.2) is 17.6 Å². The summed E-state index contributed by atoms with van der Waals surface area (Å²) in [6.45, 7) is -0.538. The van der Waals surface area contributed by atoms with Crippen LogP contribution >= 0.6 is 22.9 Å². The monoisotopic (exact) mass is 579 g/mol. The number of thiazole rings is 1. The summed E-state index contributed by atoms with van der Waals surface area (Å²) in [4.78, 5) is 29.8. The maximum Gasteiger partial charge on any atom is 0.339 e. The van der Waals surface area contributed by atoms with E-state index >= 15 is 0 Å². The first-order valence-electron chi connectivity index (χ1n) is 11.3. The molecule has 0 aliphatic heterocycles. The van der Waals surface area contributed by atoms with Crippen molar-refractivity contribution in [1.82, 2.24) is 15.2 Å². The first-order chi connectivity index (χ1) is 18.8. The summed E-state index contributed by atoms with van der Waals surface area (Å²) in [5.74, 6) is -1.26. The molecule has 0 unspecified atom stereocenters. The van der Waals surface area contributed by atoms with Gasteiger partial charge in [-0.2, -0.15) is 0 Å². The molecule has 2 aromatic heterocycles. The number of sulfonamides is 1. The number of anilines is 2. The molecule has 13 heteroatoms. The maximum absolute atomic E-state index is 12.8. The summed E-state index contributed by atoms with van der Waals surface area (Å²) in [5.41, 5.74) is 2.04. The molecule has 10 nitrogen and oxygen atoms in total. The Labute approximate surface area is 231 Å². The quantitative estimate of drug-likeness (QED) is 0.245. The summed E-state index contributed by atoms with van der Waals surface area (Å²) in [7, 11) is -3.94. The van der Waals surface area contributed by atoms with Crippen LogP contribution in [0.5, 0.6) is 0 Å². The fraction of sp³-hybridized carbons (Fsp3) is 0.0385. The van der Waals surface area contributed by atoms with E-state index in [1.54, 1.807) is 24.3 Å². The van der Waals surface area contributed by atoms with E-state index < -0.39 is 28.5 Å². The van der Waals surface area contributed by atoms with Crippen molar-refractivity contribution in [3.05, 3.63) is 95.6 Å². The first kappa shape index (κ1) is 26.2. The van der Waals surface area contributed by atoms with Crippen molar-refractivity contribution in [2.24, 2.45) is 0 Å². The molecule has 0 bridgehead atoms. The number of hydrogen-bond acceptors (Lipinski definition) is 9. The Bertz CT molecular complexity index is 1740. The van der Waals surface area contributed by atoms with Gasteiger partial charge >= 0.3 is 5.97 Å². The second-order valence-corrected chi connectivity index (χ2v) is 11.1. The number of nitrogens with one attached hydrogen (secondary N) is 2. The lowest BCUT2D eigenvalue weighted by Gasteiger charge is -2.10. The summed E-state index contributed by atoms with van der Waals surface area (Å²) < 4.78 is 33.6. The topological polar surface area (TPSA) is 140 Å². The van der Waals surface area contributed by atoms with Crippen LogP contribution in [-0.4, -0.2) is 42.1 Å². The first-order valence-corrected chi connectivity index (χ1v) is 14.0. The van der Waals surface area contributed by atoms with E-state index in [-0.39, 0.29) is 21.4 Å². The summed E-state index contributed by atoms with van der Waals surface area (Å²) in [6, 6.07) is 22.8. The smallest absolute Gasteiger partial charge is 0.339 e. The average molecular weight is 580 g/mol. The summed E-state index contributed by atoms with van der Waals surface area (Å²) in [6.07, 6.45) is 0. The largest absolute Gasteiger partial charge is 0.452 e. The minimum absolute atomic E-state index is 0.00306. The molecule has 0 aliphatic rings. The van der Waals surface area contributed by atoms with Crippen LogP contribution < -0.4 is 10.0 Å². The molecule has 0 fully saturated rings.